The van der Waals surface area contributed by atoms with E-state index in [1.54, 1.807) is 0 Å². The Kier molecular flexibility index (Phi) is 3.79. The Morgan fingerprint density at radius 2 is 1.86 bits per heavy atom. The zero-order valence-corrected chi connectivity index (χ0v) is 12.2. The van der Waals surface area contributed by atoms with Crippen LogP contribution < -0.4 is 0 Å². The highest BCUT2D eigenvalue weighted by molar-refractivity contribution is 5.86. The molecule has 3 rings (SSSR count). The quantitative estimate of drug-likeness (QED) is 0.833. The molecular formula is C18H20N2O. The summed E-state index contributed by atoms with van der Waals surface area (Å²) in [6, 6.07) is 12.6. The average Bonchev–Trinajstić information content (AvgIpc) is 2.48. The van der Waals surface area contributed by atoms with Crippen LogP contribution in [0.4, 0.5) is 0 Å². The lowest BCUT2D eigenvalue weighted by molar-refractivity contribution is -0.143. The summed E-state index contributed by atoms with van der Waals surface area (Å²) in [5, 5.41) is 9.28. The Morgan fingerprint density at radius 1 is 1.19 bits per heavy atom. The van der Waals surface area contributed by atoms with E-state index in [1.165, 1.54) is 11.1 Å². The predicted molar refractivity (Wildman–Crippen MR) is 82.1 cm³/mol. The van der Waals surface area contributed by atoms with Crippen LogP contribution in [0.5, 0.6) is 0 Å². The first-order valence-corrected chi connectivity index (χ1v) is 7.69. The highest BCUT2D eigenvalue weighted by Crippen LogP contribution is 2.42. The van der Waals surface area contributed by atoms with Gasteiger partial charge in [0.25, 0.3) is 0 Å². The summed E-state index contributed by atoms with van der Waals surface area (Å²) in [6.07, 6.45) is 6.55. The summed E-state index contributed by atoms with van der Waals surface area (Å²) in [4.78, 5) is 14.4. The number of hydrogen-bond donors (Lipinski definition) is 0. The number of hydrogen-bond acceptors (Lipinski definition) is 2. The molecule has 0 aromatic heterocycles. The van der Waals surface area contributed by atoms with E-state index in [1.807, 2.05) is 23.1 Å². The second kappa shape index (κ2) is 5.73. The number of piperidine rings is 1. The fourth-order valence-electron chi connectivity index (χ4n) is 3.13. The SMILES string of the molecule is N#CC1(C(=O)N2CCC(=Cc3ccccc3)CC2)CCC1. The standard InChI is InChI=1S/C18H20N2O/c19-14-18(9-4-10-18)17(21)20-11-7-16(8-12-20)13-15-5-2-1-3-6-15/h1-3,5-6,13H,4,7-12H2. The molecule has 0 unspecified atom stereocenters. The van der Waals surface area contributed by atoms with Gasteiger partial charge in [0.05, 0.1) is 6.07 Å². The van der Waals surface area contributed by atoms with Gasteiger partial charge in [0, 0.05) is 13.1 Å². The van der Waals surface area contributed by atoms with Crippen LogP contribution >= 0.6 is 0 Å². The van der Waals surface area contributed by atoms with Crippen molar-refractivity contribution in [2.24, 2.45) is 5.41 Å². The topological polar surface area (TPSA) is 44.1 Å². The van der Waals surface area contributed by atoms with E-state index in [9.17, 15) is 10.1 Å². The number of rotatable bonds is 2. The largest absolute Gasteiger partial charge is 0.341 e. The summed E-state index contributed by atoms with van der Waals surface area (Å²) >= 11 is 0. The number of nitriles is 1. The molecule has 108 valence electrons. The molecule has 1 aromatic carbocycles. The number of nitrogens with zero attached hydrogens (tertiary/aromatic N) is 2. The maximum absolute atomic E-state index is 12.5. The van der Waals surface area contributed by atoms with E-state index in [0.29, 0.717) is 0 Å². The molecule has 1 saturated carbocycles. The van der Waals surface area contributed by atoms with Gasteiger partial charge in [-0.3, -0.25) is 4.79 Å². The zero-order valence-electron chi connectivity index (χ0n) is 12.2. The molecule has 0 atom stereocenters. The van der Waals surface area contributed by atoms with Crippen molar-refractivity contribution in [1.82, 2.24) is 4.90 Å². The van der Waals surface area contributed by atoms with Gasteiger partial charge in [-0.15, -0.1) is 0 Å². The normalized spacial score (nSPS) is 20.3. The molecule has 1 aliphatic carbocycles. The highest BCUT2D eigenvalue weighted by Gasteiger charge is 2.47. The molecule has 3 nitrogen and oxygen atoms in total. The summed E-state index contributed by atoms with van der Waals surface area (Å²) in [7, 11) is 0. The van der Waals surface area contributed by atoms with Gasteiger partial charge in [0.15, 0.2) is 0 Å². The van der Waals surface area contributed by atoms with Gasteiger partial charge >= 0.3 is 0 Å². The minimum atomic E-state index is -0.694. The van der Waals surface area contributed by atoms with Crippen molar-refractivity contribution in [3.63, 3.8) is 0 Å². The molecular weight excluding hydrogens is 260 g/mol. The van der Waals surface area contributed by atoms with E-state index in [4.69, 9.17) is 0 Å². The summed E-state index contributed by atoms with van der Waals surface area (Å²) in [5.74, 6) is 0.0648. The van der Waals surface area contributed by atoms with E-state index < -0.39 is 5.41 Å². The van der Waals surface area contributed by atoms with Crippen LogP contribution in [0.15, 0.2) is 35.9 Å². The van der Waals surface area contributed by atoms with Gasteiger partial charge in [-0.05, 0) is 37.7 Å². The maximum atomic E-state index is 12.5. The third-order valence-electron chi connectivity index (χ3n) is 4.69. The van der Waals surface area contributed by atoms with Crippen LogP contribution in [-0.2, 0) is 4.79 Å². The lowest BCUT2D eigenvalue weighted by atomic mass is 9.69. The van der Waals surface area contributed by atoms with Crippen molar-refractivity contribution in [3.8, 4) is 6.07 Å². The van der Waals surface area contributed by atoms with E-state index in [-0.39, 0.29) is 5.91 Å². The molecule has 0 radical (unpaired) electrons. The van der Waals surface area contributed by atoms with Gasteiger partial charge in [-0.25, -0.2) is 0 Å². The molecule has 3 heteroatoms. The summed E-state index contributed by atoms with van der Waals surface area (Å²) in [6.45, 7) is 1.50. The van der Waals surface area contributed by atoms with Crippen LogP contribution in [-0.4, -0.2) is 23.9 Å². The lowest BCUT2D eigenvalue weighted by Crippen LogP contribution is -2.49. The van der Waals surface area contributed by atoms with Crippen molar-refractivity contribution in [1.29, 1.82) is 5.26 Å². The van der Waals surface area contributed by atoms with Crippen molar-refractivity contribution in [2.75, 3.05) is 13.1 Å². The van der Waals surface area contributed by atoms with Crippen molar-refractivity contribution < 1.29 is 4.79 Å². The molecule has 0 N–H and O–H groups in total. The van der Waals surface area contributed by atoms with Crippen LogP contribution in [0.3, 0.4) is 0 Å². The minimum Gasteiger partial charge on any atom is -0.341 e. The van der Waals surface area contributed by atoms with Gasteiger partial charge in [0.2, 0.25) is 5.91 Å². The van der Waals surface area contributed by atoms with Gasteiger partial charge in [-0.2, -0.15) is 5.26 Å². The Labute approximate surface area is 125 Å². The maximum Gasteiger partial charge on any atom is 0.243 e. The summed E-state index contributed by atoms with van der Waals surface area (Å²) < 4.78 is 0. The van der Waals surface area contributed by atoms with Crippen LogP contribution in [0.1, 0.15) is 37.7 Å². The van der Waals surface area contributed by atoms with Crippen molar-refractivity contribution in [2.45, 2.75) is 32.1 Å². The Hall–Kier alpha value is -2.08. The van der Waals surface area contributed by atoms with Gasteiger partial charge < -0.3 is 4.90 Å². The summed E-state index contributed by atoms with van der Waals surface area (Å²) in [5.41, 5.74) is 1.92. The zero-order chi connectivity index (χ0) is 14.7. The van der Waals surface area contributed by atoms with Crippen molar-refractivity contribution >= 4 is 12.0 Å². The number of amides is 1. The van der Waals surface area contributed by atoms with Gasteiger partial charge in [0.1, 0.15) is 5.41 Å². The molecule has 1 saturated heterocycles. The molecule has 21 heavy (non-hydrogen) atoms. The first-order valence-electron chi connectivity index (χ1n) is 7.69. The minimum absolute atomic E-state index is 0.0648. The number of benzene rings is 1. The predicted octanol–water partition coefficient (Wildman–Crippen LogP) is 3.39. The first-order chi connectivity index (χ1) is 10.2. The lowest BCUT2D eigenvalue weighted by Gasteiger charge is -2.39. The van der Waals surface area contributed by atoms with Crippen LogP contribution in [0, 0.1) is 16.7 Å². The van der Waals surface area contributed by atoms with E-state index >= 15 is 0 Å². The second-order valence-electron chi connectivity index (χ2n) is 6.05. The number of likely N-dealkylation sites (tertiary alicyclic amines) is 1. The smallest absolute Gasteiger partial charge is 0.243 e. The van der Waals surface area contributed by atoms with Crippen LogP contribution in [0.25, 0.3) is 6.08 Å². The van der Waals surface area contributed by atoms with Gasteiger partial charge in [-0.1, -0.05) is 42.0 Å². The molecule has 1 aromatic rings. The first kappa shape index (κ1) is 13.9. The molecule has 0 spiro atoms. The molecule has 1 amide bonds. The fraction of sp³-hybridized carbons (Fsp3) is 0.444. The molecule has 0 bridgehead atoms. The highest BCUT2D eigenvalue weighted by atomic mass is 16.2. The van der Waals surface area contributed by atoms with E-state index in [0.717, 1.165) is 45.2 Å². The average molecular weight is 280 g/mol. The molecule has 2 aliphatic rings. The Balaban J connectivity index is 1.62. The molecule has 1 aliphatic heterocycles. The monoisotopic (exact) mass is 280 g/mol. The third-order valence-corrected chi connectivity index (χ3v) is 4.69. The molecule has 1 heterocycles. The molecule has 2 fully saturated rings. The number of carbonyl (C=O) groups excluding carboxylic acids is 1. The second-order valence-corrected chi connectivity index (χ2v) is 6.05. The fourth-order valence-corrected chi connectivity index (χ4v) is 3.13. The third kappa shape index (κ3) is 2.71. The van der Waals surface area contributed by atoms with Crippen LogP contribution in [0.2, 0.25) is 0 Å². The number of carbonyl (C=O) groups is 1. The Bertz CT molecular complexity index is 583. The van der Waals surface area contributed by atoms with E-state index in [2.05, 4.69) is 24.3 Å². The van der Waals surface area contributed by atoms with Crippen molar-refractivity contribution in [3.05, 3.63) is 41.5 Å². The Morgan fingerprint density at radius 3 is 2.38 bits per heavy atom.